The second-order valence-electron chi connectivity index (χ2n) is 6.12. The van der Waals surface area contributed by atoms with Gasteiger partial charge in [0, 0.05) is 37.5 Å². The fourth-order valence-electron chi connectivity index (χ4n) is 2.62. The fourth-order valence-corrected chi connectivity index (χ4v) is 2.62. The molecular formula is C22H21N3O4. The number of hydrogen-bond donors (Lipinski definition) is 2. The lowest BCUT2D eigenvalue weighted by molar-refractivity contribution is 0.0945. The smallest absolute Gasteiger partial charge is 0.269 e. The van der Waals surface area contributed by atoms with Crippen molar-refractivity contribution in [2.75, 3.05) is 14.2 Å². The van der Waals surface area contributed by atoms with Crippen LogP contribution in [-0.4, -0.2) is 31.0 Å². The highest BCUT2D eigenvalue weighted by Crippen LogP contribution is 2.27. The number of pyridine rings is 1. The van der Waals surface area contributed by atoms with Crippen LogP contribution < -0.4 is 20.1 Å². The van der Waals surface area contributed by atoms with Crippen LogP contribution in [0.4, 0.5) is 0 Å². The summed E-state index contributed by atoms with van der Waals surface area (Å²) in [6.45, 7) is 0.410. The molecule has 2 aromatic carbocycles. The standard InChI is InChI=1S/C22H21N3O4/c1-23-22(27)20-13-17(8-9-24-20)29-19-11-16(10-18(12-19)28-2)21(26)25-14-15-6-4-3-5-7-15/h3-13H,14H2,1-2H3,(H,23,27)(H,25,26). The molecule has 0 radical (unpaired) electrons. The van der Waals surface area contributed by atoms with Crippen molar-refractivity contribution in [3.8, 4) is 17.2 Å². The average molecular weight is 391 g/mol. The third-order valence-corrected chi connectivity index (χ3v) is 4.10. The Morgan fingerprint density at radius 3 is 2.41 bits per heavy atom. The molecule has 0 atom stereocenters. The quantitative estimate of drug-likeness (QED) is 0.646. The van der Waals surface area contributed by atoms with Crippen molar-refractivity contribution in [3.05, 3.63) is 83.7 Å². The molecule has 29 heavy (non-hydrogen) atoms. The molecule has 1 aromatic heterocycles. The van der Waals surface area contributed by atoms with Gasteiger partial charge in [-0.1, -0.05) is 30.3 Å². The van der Waals surface area contributed by atoms with Crippen LogP contribution in [0.1, 0.15) is 26.4 Å². The molecule has 0 bridgehead atoms. The first-order valence-electron chi connectivity index (χ1n) is 8.96. The van der Waals surface area contributed by atoms with Gasteiger partial charge in [-0.25, -0.2) is 0 Å². The normalized spacial score (nSPS) is 10.1. The second-order valence-corrected chi connectivity index (χ2v) is 6.12. The highest BCUT2D eigenvalue weighted by Gasteiger charge is 2.12. The first kappa shape index (κ1) is 19.9. The SMILES string of the molecule is CNC(=O)c1cc(Oc2cc(OC)cc(C(=O)NCc3ccccc3)c2)ccn1. The first-order chi connectivity index (χ1) is 14.1. The van der Waals surface area contributed by atoms with Gasteiger partial charge < -0.3 is 20.1 Å². The maximum absolute atomic E-state index is 12.6. The van der Waals surface area contributed by atoms with Gasteiger partial charge in [-0.2, -0.15) is 0 Å². The number of carbonyl (C=O) groups is 2. The predicted octanol–water partition coefficient (Wildman–Crippen LogP) is 3.17. The minimum Gasteiger partial charge on any atom is -0.497 e. The summed E-state index contributed by atoms with van der Waals surface area (Å²) in [5, 5.41) is 5.39. The number of amides is 2. The van der Waals surface area contributed by atoms with Crippen LogP contribution in [0.25, 0.3) is 0 Å². The second kappa shape index (κ2) is 9.36. The lowest BCUT2D eigenvalue weighted by Gasteiger charge is -2.11. The molecule has 0 saturated carbocycles. The topological polar surface area (TPSA) is 89.5 Å². The van der Waals surface area contributed by atoms with Gasteiger partial charge in [-0.05, 0) is 23.8 Å². The molecule has 0 fully saturated rings. The zero-order valence-corrected chi connectivity index (χ0v) is 16.1. The Morgan fingerprint density at radius 1 is 0.931 bits per heavy atom. The van der Waals surface area contributed by atoms with Gasteiger partial charge in [0.2, 0.25) is 0 Å². The Morgan fingerprint density at radius 2 is 1.69 bits per heavy atom. The van der Waals surface area contributed by atoms with Crippen LogP contribution in [0, 0.1) is 0 Å². The largest absolute Gasteiger partial charge is 0.497 e. The van der Waals surface area contributed by atoms with E-state index in [4.69, 9.17) is 9.47 Å². The van der Waals surface area contributed by atoms with Gasteiger partial charge >= 0.3 is 0 Å². The number of aromatic nitrogens is 1. The summed E-state index contributed by atoms with van der Waals surface area (Å²) in [5.74, 6) is 0.735. The molecule has 2 amide bonds. The van der Waals surface area contributed by atoms with Crippen molar-refractivity contribution in [1.82, 2.24) is 15.6 Å². The van der Waals surface area contributed by atoms with E-state index in [0.717, 1.165) is 5.56 Å². The molecule has 7 heteroatoms. The monoisotopic (exact) mass is 391 g/mol. The predicted molar refractivity (Wildman–Crippen MR) is 108 cm³/mol. The minimum absolute atomic E-state index is 0.230. The van der Waals surface area contributed by atoms with Gasteiger partial charge in [0.1, 0.15) is 22.9 Å². The van der Waals surface area contributed by atoms with E-state index in [9.17, 15) is 9.59 Å². The maximum Gasteiger partial charge on any atom is 0.269 e. The maximum atomic E-state index is 12.6. The van der Waals surface area contributed by atoms with Crippen LogP contribution >= 0.6 is 0 Å². The molecule has 0 aliphatic carbocycles. The average Bonchev–Trinajstić information content (AvgIpc) is 2.77. The van der Waals surface area contributed by atoms with Crippen molar-refractivity contribution in [1.29, 1.82) is 0 Å². The highest BCUT2D eigenvalue weighted by atomic mass is 16.5. The molecule has 3 aromatic rings. The Labute approximate surface area is 168 Å². The number of ether oxygens (including phenoxy) is 2. The summed E-state index contributed by atoms with van der Waals surface area (Å²) in [6, 6.07) is 17.7. The zero-order valence-electron chi connectivity index (χ0n) is 16.1. The Hall–Kier alpha value is -3.87. The summed E-state index contributed by atoms with van der Waals surface area (Å²) in [6.07, 6.45) is 1.48. The number of hydrogen-bond acceptors (Lipinski definition) is 5. The lowest BCUT2D eigenvalue weighted by atomic mass is 10.1. The van der Waals surface area contributed by atoms with Crippen molar-refractivity contribution in [2.45, 2.75) is 6.54 Å². The van der Waals surface area contributed by atoms with E-state index in [0.29, 0.717) is 29.4 Å². The van der Waals surface area contributed by atoms with E-state index in [1.54, 1.807) is 24.3 Å². The van der Waals surface area contributed by atoms with E-state index in [1.807, 2.05) is 30.3 Å². The van der Waals surface area contributed by atoms with Gasteiger partial charge in [0.05, 0.1) is 7.11 Å². The summed E-state index contributed by atoms with van der Waals surface area (Å²) >= 11 is 0. The van der Waals surface area contributed by atoms with Crippen molar-refractivity contribution in [3.63, 3.8) is 0 Å². The number of nitrogens with one attached hydrogen (secondary N) is 2. The molecule has 0 unspecified atom stereocenters. The number of methoxy groups -OCH3 is 1. The molecule has 1 heterocycles. The van der Waals surface area contributed by atoms with E-state index in [2.05, 4.69) is 15.6 Å². The lowest BCUT2D eigenvalue weighted by Crippen LogP contribution is -2.22. The third kappa shape index (κ3) is 5.32. The van der Waals surface area contributed by atoms with Crippen LogP contribution in [0.3, 0.4) is 0 Å². The highest BCUT2D eigenvalue weighted by molar-refractivity contribution is 5.95. The van der Waals surface area contributed by atoms with E-state index < -0.39 is 0 Å². The molecule has 0 aliphatic heterocycles. The molecule has 7 nitrogen and oxygen atoms in total. The Bertz CT molecular complexity index is 1010. The van der Waals surface area contributed by atoms with Crippen molar-refractivity contribution in [2.24, 2.45) is 0 Å². The Kier molecular flexibility index (Phi) is 6.42. The van der Waals surface area contributed by atoms with Crippen LogP contribution in [0.15, 0.2) is 66.9 Å². The molecule has 0 aliphatic rings. The fraction of sp³-hybridized carbons (Fsp3) is 0.136. The Balaban J connectivity index is 1.78. The van der Waals surface area contributed by atoms with Crippen LogP contribution in [-0.2, 0) is 6.54 Å². The third-order valence-electron chi connectivity index (χ3n) is 4.10. The van der Waals surface area contributed by atoms with Crippen LogP contribution in [0.2, 0.25) is 0 Å². The molecule has 3 rings (SSSR count). The summed E-state index contributed by atoms with van der Waals surface area (Å²) in [4.78, 5) is 28.3. The molecular weight excluding hydrogens is 370 g/mol. The first-order valence-corrected chi connectivity index (χ1v) is 8.96. The number of rotatable bonds is 7. The summed E-state index contributed by atoms with van der Waals surface area (Å²) < 4.78 is 11.1. The van der Waals surface area contributed by atoms with Gasteiger partial charge in [-0.3, -0.25) is 14.6 Å². The number of nitrogens with zero attached hydrogens (tertiary/aromatic N) is 1. The zero-order chi connectivity index (χ0) is 20.6. The number of benzene rings is 2. The molecule has 0 saturated heterocycles. The molecule has 2 N–H and O–H groups in total. The molecule has 148 valence electrons. The van der Waals surface area contributed by atoms with Gasteiger partial charge in [-0.15, -0.1) is 0 Å². The van der Waals surface area contributed by atoms with Gasteiger partial charge in [0.15, 0.2) is 0 Å². The van der Waals surface area contributed by atoms with E-state index in [-0.39, 0.29) is 17.5 Å². The summed E-state index contributed by atoms with van der Waals surface area (Å²) in [5.41, 5.74) is 1.63. The van der Waals surface area contributed by atoms with Gasteiger partial charge in [0.25, 0.3) is 11.8 Å². The summed E-state index contributed by atoms with van der Waals surface area (Å²) in [7, 11) is 3.04. The van der Waals surface area contributed by atoms with E-state index >= 15 is 0 Å². The van der Waals surface area contributed by atoms with Crippen molar-refractivity contribution < 1.29 is 19.1 Å². The van der Waals surface area contributed by atoms with Crippen LogP contribution in [0.5, 0.6) is 17.2 Å². The van der Waals surface area contributed by atoms with E-state index in [1.165, 1.54) is 26.4 Å². The van der Waals surface area contributed by atoms with Crippen molar-refractivity contribution >= 4 is 11.8 Å². The number of carbonyl (C=O) groups excluding carboxylic acids is 2. The minimum atomic E-state index is -0.318. The molecule has 0 spiro atoms.